The third-order valence-electron chi connectivity index (χ3n) is 4.91. The monoisotopic (exact) mass is 374 g/mol. The van der Waals surface area contributed by atoms with E-state index in [2.05, 4.69) is 0 Å². The molecule has 1 aliphatic rings. The van der Waals surface area contributed by atoms with Crippen LogP contribution in [0.4, 0.5) is 0 Å². The Labute approximate surface area is 156 Å². The van der Waals surface area contributed by atoms with Gasteiger partial charge in [-0.1, -0.05) is 6.07 Å². The largest absolute Gasteiger partial charge is 0.504 e. The number of aromatic hydroxyl groups is 2. The van der Waals surface area contributed by atoms with Gasteiger partial charge < -0.3 is 29.5 Å². The number of carbonyl (C=O) groups excluding carboxylic acids is 1. The Kier molecular flexibility index (Phi) is 5.53. The van der Waals surface area contributed by atoms with Crippen LogP contribution in [0.1, 0.15) is 22.0 Å². The first kappa shape index (κ1) is 19.0. The summed E-state index contributed by atoms with van der Waals surface area (Å²) in [4.78, 5) is 13.0. The van der Waals surface area contributed by atoms with Gasteiger partial charge in [0.2, 0.25) is 0 Å². The Hall–Kier alpha value is -2.77. The van der Waals surface area contributed by atoms with Gasteiger partial charge in [0, 0.05) is 18.1 Å². The van der Waals surface area contributed by atoms with E-state index >= 15 is 0 Å². The molecule has 0 radical (unpaired) electrons. The van der Waals surface area contributed by atoms with Crippen LogP contribution in [0.5, 0.6) is 23.0 Å². The van der Waals surface area contributed by atoms with Crippen LogP contribution in [0.15, 0.2) is 36.4 Å². The van der Waals surface area contributed by atoms with Gasteiger partial charge in [0.1, 0.15) is 0 Å². The van der Waals surface area contributed by atoms with Crippen LogP contribution in [-0.4, -0.2) is 48.5 Å². The molecule has 3 unspecified atom stereocenters. The Morgan fingerprint density at radius 3 is 2.33 bits per heavy atom. The fourth-order valence-electron chi connectivity index (χ4n) is 3.42. The molecule has 0 aliphatic carbocycles. The zero-order valence-electron chi connectivity index (χ0n) is 15.1. The SMILES string of the molecule is COc1cc(C(=O)C2COC(c3ccc(O)c(OC)c3)C2CO)ccc1O. The quantitative estimate of drug-likeness (QED) is 0.666. The van der Waals surface area contributed by atoms with Crippen molar-refractivity contribution in [1.82, 2.24) is 0 Å². The second-order valence-electron chi connectivity index (χ2n) is 6.39. The summed E-state index contributed by atoms with van der Waals surface area (Å²) in [6.07, 6.45) is -0.502. The van der Waals surface area contributed by atoms with Gasteiger partial charge in [-0.05, 0) is 35.9 Å². The maximum Gasteiger partial charge on any atom is 0.168 e. The molecule has 2 aromatic carbocycles. The number of methoxy groups -OCH3 is 2. The molecule has 0 amide bonds. The van der Waals surface area contributed by atoms with Crippen molar-refractivity contribution in [2.45, 2.75) is 6.10 Å². The minimum atomic E-state index is -0.547. The van der Waals surface area contributed by atoms with Crippen LogP contribution in [0.25, 0.3) is 0 Å². The lowest BCUT2D eigenvalue weighted by Crippen LogP contribution is -2.26. The highest BCUT2D eigenvalue weighted by Gasteiger charge is 2.42. The smallest absolute Gasteiger partial charge is 0.168 e. The maximum atomic E-state index is 13.0. The van der Waals surface area contributed by atoms with Crippen molar-refractivity contribution in [1.29, 1.82) is 0 Å². The number of benzene rings is 2. The van der Waals surface area contributed by atoms with Crippen molar-refractivity contribution in [2.24, 2.45) is 11.8 Å². The van der Waals surface area contributed by atoms with Gasteiger partial charge in [-0.3, -0.25) is 4.79 Å². The fourth-order valence-corrected chi connectivity index (χ4v) is 3.42. The van der Waals surface area contributed by atoms with E-state index in [4.69, 9.17) is 14.2 Å². The third kappa shape index (κ3) is 3.56. The second kappa shape index (κ2) is 7.85. The van der Waals surface area contributed by atoms with Crippen molar-refractivity contribution < 1.29 is 34.3 Å². The van der Waals surface area contributed by atoms with E-state index in [1.54, 1.807) is 12.1 Å². The molecule has 7 nitrogen and oxygen atoms in total. The number of aliphatic hydroxyl groups excluding tert-OH is 1. The first-order chi connectivity index (χ1) is 13.0. The van der Waals surface area contributed by atoms with Gasteiger partial charge in [-0.25, -0.2) is 0 Å². The van der Waals surface area contributed by atoms with Gasteiger partial charge in [0.05, 0.1) is 32.8 Å². The topological polar surface area (TPSA) is 105 Å². The first-order valence-electron chi connectivity index (χ1n) is 8.50. The second-order valence-corrected chi connectivity index (χ2v) is 6.39. The molecule has 3 atom stereocenters. The van der Waals surface area contributed by atoms with E-state index in [9.17, 15) is 20.1 Å². The average Bonchev–Trinajstić information content (AvgIpc) is 3.12. The highest BCUT2D eigenvalue weighted by Crippen LogP contribution is 2.42. The molecule has 0 spiro atoms. The predicted molar refractivity (Wildman–Crippen MR) is 96.4 cm³/mol. The Bertz CT molecular complexity index is 833. The lowest BCUT2D eigenvalue weighted by Gasteiger charge is -2.21. The molecule has 1 saturated heterocycles. The van der Waals surface area contributed by atoms with Gasteiger partial charge in [-0.15, -0.1) is 0 Å². The Morgan fingerprint density at radius 1 is 1.07 bits per heavy atom. The van der Waals surface area contributed by atoms with Crippen molar-refractivity contribution in [3.63, 3.8) is 0 Å². The van der Waals surface area contributed by atoms with Crippen molar-refractivity contribution in [3.05, 3.63) is 47.5 Å². The summed E-state index contributed by atoms with van der Waals surface area (Å²) in [5, 5.41) is 29.4. The number of Topliss-reactive ketones (excluding diaryl/α,β-unsaturated/α-hetero) is 1. The number of hydrogen-bond donors (Lipinski definition) is 3. The molecule has 1 fully saturated rings. The van der Waals surface area contributed by atoms with Crippen LogP contribution >= 0.6 is 0 Å². The average molecular weight is 374 g/mol. The van der Waals surface area contributed by atoms with Crippen LogP contribution in [-0.2, 0) is 4.74 Å². The van der Waals surface area contributed by atoms with E-state index in [1.165, 1.54) is 38.5 Å². The predicted octanol–water partition coefficient (Wildman–Crippen LogP) is 2.29. The summed E-state index contributed by atoms with van der Waals surface area (Å²) in [5.74, 6) is -0.736. The summed E-state index contributed by atoms with van der Waals surface area (Å²) in [7, 11) is 2.86. The Morgan fingerprint density at radius 2 is 1.70 bits per heavy atom. The van der Waals surface area contributed by atoms with E-state index in [1.807, 2.05) is 0 Å². The molecule has 1 heterocycles. The highest BCUT2D eigenvalue weighted by molar-refractivity contribution is 5.99. The van der Waals surface area contributed by atoms with Gasteiger partial charge >= 0.3 is 0 Å². The number of aliphatic hydroxyl groups is 1. The van der Waals surface area contributed by atoms with E-state index in [0.717, 1.165) is 0 Å². The van der Waals surface area contributed by atoms with Crippen LogP contribution in [0, 0.1) is 11.8 Å². The number of ether oxygens (including phenoxy) is 3. The summed E-state index contributed by atoms with van der Waals surface area (Å²) in [5.41, 5.74) is 1.09. The van der Waals surface area contributed by atoms with Crippen LogP contribution < -0.4 is 9.47 Å². The molecule has 2 aromatic rings. The minimum absolute atomic E-state index is 0.00334. The van der Waals surface area contributed by atoms with Gasteiger partial charge in [-0.2, -0.15) is 0 Å². The zero-order valence-corrected chi connectivity index (χ0v) is 15.1. The third-order valence-corrected chi connectivity index (χ3v) is 4.91. The molecule has 1 aliphatic heterocycles. The molecule has 144 valence electrons. The van der Waals surface area contributed by atoms with Crippen molar-refractivity contribution in [3.8, 4) is 23.0 Å². The summed E-state index contributed by atoms with van der Waals surface area (Å²) in [6, 6.07) is 9.21. The van der Waals surface area contributed by atoms with Crippen molar-refractivity contribution in [2.75, 3.05) is 27.4 Å². The van der Waals surface area contributed by atoms with E-state index in [-0.39, 0.29) is 36.2 Å². The molecule has 0 aromatic heterocycles. The van der Waals surface area contributed by atoms with Gasteiger partial charge in [0.25, 0.3) is 0 Å². The molecule has 3 rings (SSSR count). The number of hydrogen-bond acceptors (Lipinski definition) is 7. The summed E-state index contributed by atoms with van der Waals surface area (Å²) >= 11 is 0. The molecule has 0 saturated carbocycles. The van der Waals surface area contributed by atoms with Gasteiger partial charge in [0.15, 0.2) is 28.8 Å². The highest BCUT2D eigenvalue weighted by atomic mass is 16.5. The number of rotatable bonds is 6. The molecule has 7 heteroatoms. The number of phenols is 2. The first-order valence-corrected chi connectivity index (χ1v) is 8.50. The summed E-state index contributed by atoms with van der Waals surface area (Å²) in [6.45, 7) is -0.0827. The number of ketones is 1. The summed E-state index contributed by atoms with van der Waals surface area (Å²) < 4.78 is 16.0. The van der Waals surface area contributed by atoms with E-state index < -0.39 is 17.9 Å². The number of phenolic OH excluding ortho intramolecular Hbond substituents is 2. The van der Waals surface area contributed by atoms with E-state index in [0.29, 0.717) is 16.9 Å². The zero-order chi connectivity index (χ0) is 19.6. The maximum absolute atomic E-state index is 13.0. The Balaban J connectivity index is 1.87. The fraction of sp³-hybridized carbons (Fsp3) is 0.350. The van der Waals surface area contributed by atoms with Crippen molar-refractivity contribution >= 4 is 5.78 Å². The minimum Gasteiger partial charge on any atom is -0.504 e. The van der Waals surface area contributed by atoms with Crippen LogP contribution in [0.3, 0.4) is 0 Å². The molecule has 27 heavy (non-hydrogen) atoms. The normalized spacial score (nSPS) is 21.8. The van der Waals surface area contributed by atoms with Crippen LogP contribution in [0.2, 0.25) is 0 Å². The molecule has 0 bridgehead atoms. The molecular weight excluding hydrogens is 352 g/mol. The molecule has 3 N–H and O–H groups in total. The lowest BCUT2D eigenvalue weighted by atomic mass is 9.83. The standard InChI is InChI=1S/C20H22O7/c1-25-17-7-11(3-5-15(17)22)19(24)14-10-27-20(13(14)9-21)12-4-6-16(23)18(8-12)26-2/h3-8,13-14,20-23H,9-10H2,1-2H3. The lowest BCUT2D eigenvalue weighted by molar-refractivity contribution is 0.0713. The molecular formula is C20H22O7. The number of carbonyl (C=O) groups is 1.